The van der Waals surface area contributed by atoms with E-state index in [4.69, 9.17) is 9.47 Å². The largest absolute Gasteiger partial charge is 0.463 e. The summed E-state index contributed by atoms with van der Waals surface area (Å²) in [6.07, 6.45) is 25.3. The summed E-state index contributed by atoms with van der Waals surface area (Å²) < 4.78 is 10.6. The topological polar surface area (TPSA) is 35.5 Å². The minimum Gasteiger partial charge on any atom is -0.463 e. The molecular weight excluding hydrogens is 444 g/mol. The van der Waals surface area contributed by atoms with E-state index in [1.54, 1.807) is 14.0 Å². The van der Waals surface area contributed by atoms with E-state index in [1.165, 1.54) is 41.6 Å². The Kier molecular flexibility index (Phi) is 14.1. The van der Waals surface area contributed by atoms with E-state index < -0.39 is 0 Å². The maximum Gasteiger partial charge on any atom is 0.333 e. The number of carbonyl (C=O) groups excluding carboxylic acids is 1. The second-order valence-corrected chi connectivity index (χ2v) is 10.3. The van der Waals surface area contributed by atoms with Crippen LogP contribution in [0.3, 0.4) is 0 Å². The Hall–Kier alpha value is -2.65. The lowest BCUT2D eigenvalue weighted by molar-refractivity contribution is -0.138. The Bertz CT molecular complexity index is 974. The lowest BCUT2D eigenvalue weighted by atomic mass is 9.72. The Balaban J connectivity index is 2.69. The van der Waals surface area contributed by atoms with Crippen molar-refractivity contribution in [1.29, 1.82) is 0 Å². The van der Waals surface area contributed by atoms with Crippen molar-refractivity contribution in [2.75, 3.05) is 13.7 Å². The molecule has 0 spiro atoms. The van der Waals surface area contributed by atoms with E-state index in [-0.39, 0.29) is 17.5 Å². The van der Waals surface area contributed by atoms with Gasteiger partial charge in [0.15, 0.2) is 0 Å². The number of hydrogen-bond acceptors (Lipinski definition) is 3. The molecule has 1 aliphatic rings. The van der Waals surface area contributed by atoms with Crippen LogP contribution in [0, 0.1) is 5.41 Å². The normalized spacial score (nSPS) is 19.1. The van der Waals surface area contributed by atoms with Gasteiger partial charge in [0.1, 0.15) is 0 Å². The number of rotatable bonds is 12. The summed E-state index contributed by atoms with van der Waals surface area (Å²) in [5, 5.41) is 0. The van der Waals surface area contributed by atoms with Crippen molar-refractivity contribution in [2.45, 2.75) is 87.2 Å². The van der Waals surface area contributed by atoms with E-state index in [0.29, 0.717) is 18.6 Å². The summed E-state index contributed by atoms with van der Waals surface area (Å²) >= 11 is 0. The van der Waals surface area contributed by atoms with Gasteiger partial charge >= 0.3 is 5.97 Å². The smallest absolute Gasteiger partial charge is 0.333 e. The standard InChI is InChI=1S/C33H48O3/c1-10-36-32(34)29(6)21-23-31(35-9)28(5)18-12-11-15-25(2)16-13-17-26(3)20-22-30-27(4)19-14-24-33(30,7)8/h11-13,15-18,20-22,31H,10,14,19,23-24H2,1-9H3/b12-11+,16-13+,22-20+,25-15+,26-17+,28-18+,29-21+. The van der Waals surface area contributed by atoms with Gasteiger partial charge in [-0.1, -0.05) is 91.3 Å². The molecule has 0 bridgehead atoms. The predicted octanol–water partition coefficient (Wildman–Crippen LogP) is 8.94. The predicted molar refractivity (Wildman–Crippen MR) is 155 cm³/mol. The van der Waals surface area contributed by atoms with Crippen LogP contribution in [0.1, 0.15) is 81.1 Å². The first-order chi connectivity index (χ1) is 17.0. The van der Waals surface area contributed by atoms with Crippen molar-refractivity contribution in [3.8, 4) is 0 Å². The first-order valence-corrected chi connectivity index (χ1v) is 13.1. The highest BCUT2D eigenvalue weighted by Crippen LogP contribution is 2.40. The number of methoxy groups -OCH3 is 1. The molecule has 0 amide bonds. The van der Waals surface area contributed by atoms with E-state index in [2.05, 4.69) is 71.1 Å². The summed E-state index contributed by atoms with van der Waals surface area (Å²) in [7, 11) is 1.69. The second-order valence-electron chi connectivity index (χ2n) is 10.3. The second kappa shape index (κ2) is 16.2. The fourth-order valence-corrected chi connectivity index (χ4v) is 4.29. The highest BCUT2D eigenvalue weighted by atomic mass is 16.5. The molecule has 0 saturated heterocycles. The molecule has 36 heavy (non-hydrogen) atoms. The van der Waals surface area contributed by atoms with Crippen LogP contribution in [0.15, 0.2) is 94.2 Å². The number of allylic oxidation sites excluding steroid dienone is 13. The minimum absolute atomic E-state index is 0.0797. The summed E-state index contributed by atoms with van der Waals surface area (Å²) in [5.74, 6) is -0.274. The lowest BCUT2D eigenvalue weighted by Gasteiger charge is -2.32. The maximum absolute atomic E-state index is 11.8. The Labute approximate surface area is 220 Å². The molecule has 0 N–H and O–H groups in total. The van der Waals surface area contributed by atoms with Gasteiger partial charge in [-0.15, -0.1) is 0 Å². The van der Waals surface area contributed by atoms with Crippen LogP contribution in [-0.4, -0.2) is 25.8 Å². The molecule has 0 fully saturated rings. The summed E-state index contributed by atoms with van der Waals surface area (Å²) in [6.45, 7) is 17.2. The van der Waals surface area contributed by atoms with Crippen molar-refractivity contribution in [3.05, 3.63) is 94.2 Å². The molecule has 1 aliphatic carbocycles. The molecule has 1 unspecified atom stereocenters. The molecule has 3 nitrogen and oxygen atoms in total. The highest BCUT2D eigenvalue weighted by Gasteiger charge is 2.26. The first-order valence-electron chi connectivity index (χ1n) is 13.1. The molecule has 0 aromatic carbocycles. The molecule has 0 heterocycles. The van der Waals surface area contributed by atoms with E-state index >= 15 is 0 Å². The third-order valence-electron chi connectivity index (χ3n) is 6.63. The Morgan fingerprint density at radius 3 is 2.28 bits per heavy atom. The van der Waals surface area contributed by atoms with Gasteiger partial charge < -0.3 is 9.47 Å². The van der Waals surface area contributed by atoms with Gasteiger partial charge in [0, 0.05) is 12.7 Å². The van der Waals surface area contributed by atoms with Gasteiger partial charge in [0.2, 0.25) is 0 Å². The SMILES string of the molecule is CCOC(=O)/C(C)=C/CC(OC)/C(C)=C/C=C/C=C(C)/C=C/C=C(C)/C=C/C1=C(C)CCCC1(C)C. The van der Waals surface area contributed by atoms with Crippen LogP contribution >= 0.6 is 0 Å². The molecular formula is C33H48O3. The monoisotopic (exact) mass is 492 g/mol. The molecule has 0 aromatic heterocycles. The number of hydrogen-bond donors (Lipinski definition) is 0. The molecule has 0 radical (unpaired) electrons. The zero-order valence-corrected chi connectivity index (χ0v) is 24.1. The van der Waals surface area contributed by atoms with Gasteiger partial charge in [-0.25, -0.2) is 4.79 Å². The molecule has 1 atom stereocenters. The average Bonchev–Trinajstić information content (AvgIpc) is 2.81. The molecule has 0 aromatic rings. The Morgan fingerprint density at radius 2 is 1.64 bits per heavy atom. The van der Waals surface area contributed by atoms with E-state index in [9.17, 15) is 4.79 Å². The van der Waals surface area contributed by atoms with Crippen molar-refractivity contribution in [3.63, 3.8) is 0 Å². The lowest BCUT2D eigenvalue weighted by Crippen LogP contribution is -2.19. The van der Waals surface area contributed by atoms with E-state index in [0.717, 1.165) is 5.57 Å². The average molecular weight is 493 g/mol. The van der Waals surface area contributed by atoms with Crippen LogP contribution < -0.4 is 0 Å². The quantitative estimate of drug-likeness (QED) is 0.155. The van der Waals surface area contributed by atoms with Crippen LogP contribution in [0.2, 0.25) is 0 Å². The molecule has 0 aliphatic heterocycles. The van der Waals surface area contributed by atoms with Crippen molar-refractivity contribution < 1.29 is 14.3 Å². The third kappa shape index (κ3) is 11.4. The van der Waals surface area contributed by atoms with Gasteiger partial charge in [0.25, 0.3) is 0 Å². The summed E-state index contributed by atoms with van der Waals surface area (Å²) in [4.78, 5) is 11.8. The molecule has 1 rings (SSSR count). The molecule has 198 valence electrons. The van der Waals surface area contributed by atoms with Gasteiger partial charge in [-0.2, -0.15) is 0 Å². The molecule has 3 heteroatoms. The summed E-state index contributed by atoms with van der Waals surface area (Å²) in [6, 6.07) is 0. The Morgan fingerprint density at radius 1 is 1.00 bits per heavy atom. The van der Waals surface area contributed by atoms with Gasteiger partial charge in [-0.05, 0) is 83.8 Å². The molecule has 0 saturated carbocycles. The third-order valence-corrected chi connectivity index (χ3v) is 6.63. The van der Waals surface area contributed by atoms with E-state index in [1.807, 2.05) is 38.2 Å². The fraction of sp³-hybridized carbons (Fsp3) is 0.485. The van der Waals surface area contributed by atoms with Gasteiger partial charge in [0.05, 0.1) is 12.7 Å². The fourth-order valence-electron chi connectivity index (χ4n) is 4.29. The van der Waals surface area contributed by atoms with Crippen LogP contribution in [0.5, 0.6) is 0 Å². The van der Waals surface area contributed by atoms with Crippen LogP contribution in [0.25, 0.3) is 0 Å². The number of carbonyl (C=O) groups is 1. The minimum atomic E-state index is -0.274. The van der Waals surface area contributed by atoms with Crippen molar-refractivity contribution in [2.24, 2.45) is 5.41 Å². The van der Waals surface area contributed by atoms with Crippen molar-refractivity contribution in [1.82, 2.24) is 0 Å². The maximum atomic E-state index is 11.8. The highest BCUT2D eigenvalue weighted by molar-refractivity contribution is 5.87. The zero-order valence-electron chi connectivity index (χ0n) is 24.1. The number of ether oxygens (including phenoxy) is 2. The van der Waals surface area contributed by atoms with Crippen LogP contribution in [0.4, 0.5) is 0 Å². The number of esters is 1. The zero-order chi connectivity index (χ0) is 27.1. The van der Waals surface area contributed by atoms with Crippen LogP contribution in [-0.2, 0) is 14.3 Å². The van der Waals surface area contributed by atoms with Gasteiger partial charge in [-0.3, -0.25) is 0 Å². The summed E-state index contributed by atoms with van der Waals surface area (Å²) in [5.41, 5.74) is 7.42. The first kappa shape index (κ1) is 31.4. The van der Waals surface area contributed by atoms with Crippen molar-refractivity contribution >= 4 is 5.97 Å².